The van der Waals surface area contributed by atoms with Crippen LogP contribution in [0.1, 0.15) is 10.4 Å². The number of nitrogens with zero attached hydrogens (tertiary/aromatic N) is 2. The SMILES string of the molecule is COC(=O)c1cncnc1Oc1cc(Cl)cc(Cl)c1. The Bertz CT molecular complexity index is 599. The second kappa shape index (κ2) is 5.86. The van der Waals surface area contributed by atoms with E-state index in [2.05, 4.69) is 14.7 Å². The first-order chi connectivity index (χ1) is 9.10. The zero-order chi connectivity index (χ0) is 13.8. The molecule has 0 saturated heterocycles. The van der Waals surface area contributed by atoms with E-state index in [0.29, 0.717) is 15.8 Å². The van der Waals surface area contributed by atoms with Gasteiger partial charge in [-0.3, -0.25) is 0 Å². The Morgan fingerprint density at radius 2 is 1.89 bits per heavy atom. The Labute approximate surface area is 119 Å². The van der Waals surface area contributed by atoms with Crippen LogP contribution in [0.4, 0.5) is 0 Å². The fourth-order valence-electron chi connectivity index (χ4n) is 1.35. The summed E-state index contributed by atoms with van der Waals surface area (Å²) in [6.45, 7) is 0. The molecule has 0 radical (unpaired) electrons. The molecule has 1 aromatic heterocycles. The number of halogens is 2. The third-order valence-corrected chi connectivity index (χ3v) is 2.57. The maximum absolute atomic E-state index is 11.5. The summed E-state index contributed by atoms with van der Waals surface area (Å²) in [6, 6.07) is 4.67. The molecule has 98 valence electrons. The molecule has 0 atom stereocenters. The zero-order valence-electron chi connectivity index (χ0n) is 9.76. The summed E-state index contributed by atoms with van der Waals surface area (Å²) in [5, 5.41) is 0.826. The molecule has 0 aliphatic carbocycles. The van der Waals surface area contributed by atoms with E-state index in [-0.39, 0.29) is 11.4 Å². The Kier molecular flexibility index (Phi) is 4.19. The summed E-state index contributed by atoms with van der Waals surface area (Å²) in [5.41, 5.74) is 0.112. The highest BCUT2D eigenvalue weighted by Gasteiger charge is 2.15. The van der Waals surface area contributed by atoms with Crippen LogP contribution in [-0.2, 0) is 4.74 Å². The first-order valence-corrected chi connectivity index (χ1v) is 5.88. The van der Waals surface area contributed by atoms with Crippen LogP contribution in [0.25, 0.3) is 0 Å². The van der Waals surface area contributed by atoms with E-state index >= 15 is 0 Å². The van der Waals surface area contributed by atoms with Gasteiger partial charge in [0.1, 0.15) is 17.6 Å². The lowest BCUT2D eigenvalue weighted by atomic mass is 10.3. The number of hydrogen-bond acceptors (Lipinski definition) is 5. The summed E-state index contributed by atoms with van der Waals surface area (Å²) in [4.78, 5) is 19.2. The number of rotatable bonds is 3. The predicted octanol–water partition coefficient (Wildman–Crippen LogP) is 3.36. The van der Waals surface area contributed by atoms with Crippen LogP contribution >= 0.6 is 23.2 Å². The molecule has 0 saturated carbocycles. The van der Waals surface area contributed by atoms with Crippen molar-refractivity contribution < 1.29 is 14.3 Å². The van der Waals surface area contributed by atoms with Crippen molar-refractivity contribution >= 4 is 29.2 Å². The highest BCUT2D eigenvalue weighted by atomic mass is 35.5. The maximum atomic E-state index is 11.5. The van der Waals surface area contributed by atoms with Crippen LogP contribution in [0.15, 0.2) is 30.7 Å². The van der Waals surface area contributed by atoms with Gasteiger partial charge in [0.25, 0.3) is 0 Å². The van der Waals surface area contributed by atoms with Crippen LogP contribution in [0.2, 0.25) is 10.0 Å². The van der Waals surface area contributed by atoms with Gasteiger partial charge in [0, 0.05) is 16.2 Å². The van der Waals surface area contributed by atoms with Crippen molar-refractivity contribution in [1.29, 1.82) is 0 Å². The topological polar surface area (TPSA) is 61.3 Å². The van der Waals surface area contributed by atoms with Crippen LogP contribution in [0, 0.1) is 0 Å². The quantitative estimate of drug-likeness (QED) is 0.813. The molecular formula is C12H8Cl2N2O3. The average Bonchev–Trinajstić information content (AvgIpc) is 2.37. The van der Waals surface area contributed by atoms with E-state index in [1.807, 2.05) is 0 Å². The molecule has 0 fully saturated rings. The van der Waals surface area contributed by atoms with Gasteiger partial charge in [-0.2, -0.15) is 0 Å². The van der Waals surface area contributed by atoms with Gasteiger partial charge in [0.2, 0.25) is 5.88 Å². The lowest BCUT2D eigenvalue weighted by Gasteiger charge is -2.08. The fourth-order valence-corrected chi connectivity index (χ4v) is 1.85. The molecule has 0 N–H and O–H groups in total. The van der Waals surface area contributed by atoms with Gasteiger partial charge in [-0.05, 0) is 18.2 Å². The largest absolute Gasteiger partial charge is 0.465 e. The summed E-state index contributed by atoms with van der Waals surface area (Å²) in [6.07, 6.45) is 2.56. The summed E-state index contributed by atoms with van der Waals surface area (Å²) in [7, 11) is 1.26. The minimum absolute atomic E-state index is 0.0696. The van der Waals surface area contributed by atoms with Gasteiger partial charge in [-0.15, -0.1) is 0 Å². The van der Waals surface area contributed by atoms with E-state index < -0.39 is 5.97 Å². The first-order valence-electron chi connectivity index (χ1n) is 5.12. The number of benzene rings is 1. The summed E-state index contributed by atoms with van der Waals surface area (Å²) in [5.74, 6) is -0.162. The molecule has 5 nitrogen and oxygen atoms in total. The van der Waals surface area contributed by atoms with Crippen molar-refractivity contribution in [2.75, 3.05) is 7.11 Å². The van der Waals surface area contributed by atoms with Crippen LogP contribution < -0.4 is 4.74 Å². The van der Waals surface area contributed by atoms with E-state index in [9.17, 15) is 4.79 Å². The van der Waals surface area contributed by atoms with Gasteiger partial charge in [0.15, 0.2) is 0 Å². The fraction of sp³-hybridized carbons (Fsp3) is 0.0833. The molecule has 1 aromatic carbocycles. The third kappa shape index (κ3) is 3.33. The molecule has 0 spiro atoms. The first kappa shape index (κ1) is 13.6. The van der Waals surface area contributed by atoms with Crippen molar-refractivity contribution in [3.8, 4) is 11.6 Å². The number of carbonyl (C=O) groups excluding carboxylic acids is 1. The molecule has 1 heterocycles. The minimum Gasteiger partial charge on any atom is -0.465 e. The van der Waals surface area contributed by atoms with E-state index in [1.54, 1.807) is 18.2 Å². The number of esters is 1. The number of carbonyl (C=O) groups is 1. The number of ether oxygens (including phenoxy) is 2. The van der Waals surface area contributed by atoms with Gasteiger partial charge in [0.05, 0.1) is 7.11 Å². The highest BCUT2D eigenvalue weighted by Crippen LogP contribution is 2.28. The molecule has 0 unspecified atom stereocenters. The Hall–Kier alpha value is -1.85. The standard InChI is InChI=1S/C12H8Cl2N2O3/c1-18-12(17)10-5-15-6-16-11(10)19-9-3-7(13)2-8(14)4-9/h2-6H,1H3. The van der Waals surface area contributed by atoms with E-state index in [0.717, 1.165) is 0 Å². The van der Waals surface area contributed by atoms with Crippen LogP contribution in [-0.4, -0.2) is 23.0 Å². The smallest absolute Gasteiger partial charge is 0.345 e. The predicted molar refractivity (Wildman–Crippen MR) is 69.9 cm³/mol. The van der Waals surface area contributed by atoms with Crippen LogP contribution in [0.5, 0.6) is 11.6 Å². The monoisotopic (exact) mass is 298 g/mol. The molecule has 0 bridgehead atoms. The minimum atomic E-state index is -0.594. The van der Waals surface area contributed by atoms with E-state index in [1.165, 1.54) is 19.6 Å². The van der Waals surface area contributed by atoms with Gasteiger partial charge < -0.3 is 9.47 Å². The molecule has 2 rings (SSSR count). The van der Waals surface area contributed by atoms with Gasteiger partial charge in [-0.1, -0.05) is 23.2 Å². The highest BCUT2D eigenvalue weighted by molar-refractivity contribution is 6.34. The zero-order valence-corrected chi connectivity index (χ0v) is 11.3. The van der Waals surface area contributed by atoms with Crippen molar-refractivity contribution in [3.63, 3.8) is 0 Å². The Morgan fingerprint density at radius 1 is 1.21 bits per heavy atom. The molecule has 0 aliphatic rings. The third-order valence-electron chi connectivity index (χ3n) is 2.13. The van der Waals surface area contributed by atoms with Crippen molar-refractivity contribution in [2.24, 2.45) is 0 Å². The van der Waals surface area contributed by atoms with Crippen molar-refractivity contribution in [1.82, 2.24) is 9.97 Å². The lowest BCUT2D eigenvalue weighted by molar-refractivity contribution is 0.0596. The number of hydrogen-bond donors (Lipinski definition) is 0. The van der Waals surface area contributed by atoms with Crippen molar-refractivity contribution in [3.05, 3.63) is 46.3 Å². The second-order valence-electron chi connectivity index (χ2n) is 3.44. The van der Waals surface area contributed by atoms with Crippen molar-refractivity contribution in [2.45, 2.75) is 0 Å². The van der Waals surface area contributed by atoms with Gasteiger partial charge >= 0.3 is 5.97 Å². The molecule has 7 heteroatoms. The maximum Gasteiger partial charge on any atom is 0.345 e. The lowest BCUT2D eigenvalue weighted by Crippen LogP contribution is -2.05. The molecular weight excluding hydrogens is 291 g/mol. The molecule has 0 amide bonds. The number of methoxy groups -OCH3 is 1. The molecule has 19 heavy (non-hydrogen) atoms. The van der Waals surface area contributed by atoms with E-state index in [4.69, 9.17) is 27.9 Å². The number of aromatic nitrogens is 2. The second-order valence-corrected chi connectivity index (χ2v) is 4.31. The summed E-state index contributed by atoms with van der Waals surface area (Å²) >= 11 is 11.7. The normalized spacial score (nSPS) is 10.1. The molecule has 0 aliphatic heterocycles. The Morgan fingerprint density at radius 3 is 2.53 bits per heavy atom. The molecule has 2 aromatic rings. The van der Waals surface area contributed by atoms with Gasteiger partial charge in [-0.25, -0.2) is 14.8 Å². The summed E-state index contributed by atoms with van der Waals surface area (Å²) < 4.78 is 10.1. The Balaban J connectivity index is 2.35. The van der Waals surface area contributed by atoms with Crippen LogP contribution in [0.3, 0.4) is 0 Å². The average molecular weight is 299 g/mol.